The van der Waals surface area contributed by atoms with Crippen molar-refractivity contribution >= 4 is 34.4 Å². The fourth-order valence-electron chi connectivity index (χ4n) is 3.27. The number of nitrogens with zero attached hydrogens (tertiary/aromatic N) is 2. The van der Waals surface area contributed by atoms with Crippen LogP contribution < -0.4 is 21.9 Å². The number of hydrogen-bond acceptors (Lipinski definition) is 6. The van der Waals surface area contributed by atoms with Crippen LogP contribution in [0.4, 0.5) is 10.5 Å². The number of benzene rings is 1. The van der Waals surface area contributed by atoms with E-state index in [0.717, 1.165) is 15.2 Å². The minimum Gasteiger partial charge on any atom is -0.478 e. The largest absolute Gasteiger partial charge is 0.478 e. The van der Waals surface area contributed by atoms with Gasteiger partial charge in [0.1, 0.15) is 5.03 Å². The van der Waals surface area contributed by atoms with Crippen LogP contribution in [-0.4, -0.2) is 47.6 Å². The molecule has 12 heteroatoms. The average molecular weight is 450 g/mol. The van der Waals surface area contributed by atoms with E-state index in [1.165, 1.54) is 7.05 Å². The summed E-state index contributed by atoms with van der Waals surface area (Å²) in [4.78, 5) is 48.7. The second kappa shape index (κ2) is 8.41. The smallest absolute Gasteiger partial charge is 0.333 e. The molecular weight excluding hydrogens is 428 g/mol. The molecule has 0 radical (unpaired) electrons. The maximum atomic E-state index is 13.0. The molecule has 0 unspecified atom stereocenters. The number of fused-ring (bicyclic) bond motifs is 1. The van der Waals surface area contributed by atoms with E-state index in [1.54, 1.807) is 31.2 Å². The molecule has 0 atom stereocenters. The Kier molecular flexibility index (Phi) is 6.06. The first-order valence-electron chi connectivity index (χ1n) is 9.22. The van der Waals surface area contributed by atoms with Crippen LogP contribution in [0.2, 0.25) is 0 Å². The summed E-state index contributed by atoms with van der Waals surface area (Å²) in [7, 11) is -2.37. The molecule has 2 amide bonds. The number of carboxylic acids is 1. The molecule has 0 spiro atoms. The van der Waals surface area contributed by atoms with Gasteiger partial charge in [0.2, 0.25) is 0 Å². The molecule has 31 heavy (non-hydrogen) atoms. The normalized spacial score (nSPS) is 15.4. The molecular formula is C19H22N4O7S. The molecule has 166 valence electrons. The second-order valence-corrected chi connectivity index (χ2v) is 8.93. The van der Waals surface area contributed by atoms with Gasteiger partial charge in [-0.1, -0.05) is 12.1 Å². The quantitative estimate of drug-likeness (QED) is 0.429. The van der Waals surface area contributed by atoms with Crippen LogP contribution in [0.15, 0.2) is 44.5 Å². The Bertz CT molecular complexity index is 1200. The van der Waals surface area contributed by atoms with Crippen LogP contribution in [0.5, 0.6) is 0 Å². The van der Waals surface area contributed by atoms with Crippen molar-refractivity contribution in [2.75, 3.05) is 17.6 Å². The highest BCUT2D eigenvalue weighted by molar-refractivity contribution is 8.24. The van der Waals surface area contributed by atoms with Crippen molar-refractivity contribution in [2.45, 2.75) is 18.5 Å². The van der Waals surface area contributed by atoms with E-state index in [-0.39, 0.29) is 28.7 Å². The standard InChI is InChI=1S/C19H22N4O7S/c1-3-20-18(27)21-13-6-4-11(5-7-13)9-23-15(24)14-8-12(17(25)26)10-31(29,30)16(14)22(2)19(23)28/h4-8,29-30H,3,9-10H2,1-2H3,(H,25,26)(H2,20,21,27). The van der Waals surface area contributed by atoms with Gasteiger partial charge >= 0.3 is 17.7 Å². The van der Waals surface area contributed by atoms with Gasteiger partial charge in [-0.15, -0.1) is 10.6 Å². The summed E-state index contributed by atoms with van der Waals surface area (Å²) in [5.41, 5.74) is -1.05. The lowest BCUT2D eigenvalue weighted by Gasteiger charge is -2.37. The summed E-state index contributed by atoms with van der Waals surface area (Å²) < 4.78 is 22.6. The number of carbonyl (C=O) groups is 2. The average Bonchev–Trinajstić information content (AvgIpc) is 2.69. The Balaban J connectivity index is 2.01. The summed E-state index contributed by atoms with van der Waals surface area (Å²) >= 11 is 0. The van der Waals surface area contributed by atoms with Gasteiger partial charge in [0.15, 0.2) is 0 Å². The van der Waals surface area contributed by atoms with E-state index in [2.05, 4.69) is 10.6 Å². The summed E-state index contributed by atoms with van der Waals surface area (Å²) in [5.74, 6) is -1.95. The number of anilines is 1. The van der Waals surface area contributed by atoms with E-state index in [1.807, 2.05) is 0 Å². The van der Waals surface area contributed by atoms with E-state index in [0.29, 0.717) is 17.8 Å². The molecule has 1 aliphatic heterocycles. The number of hydrogen-bond donors (Lipinski definition) is 5. The number of urea groups is 1. The van der Waals surface area contributed by atoms with Gasteiger partial charge in [-0.2, -0.15) is 0 Å². The van der Waals surface area contributed by atoms with Crippen molar-refractivity contribution in [1.82, 2.24) is 14.5 Å². The van der Waals surface area contributed by atoms with Crippen LogP contribution in [-0.2, 0) is 18.4 Å². The van der Waals surface area contributed by atoms with Crippen molar-refractivity contribution < 1.29 is 23.8 Å². The second-order valence-electron chi connectivity index (χ2n) is 6.92. The fraction of sp³-hybridized carbons (Fsp3) is 0.263. The zero-order valence-corrected chi connectivity index (χ0v) is 17.6. The minimum atomic E-state index is -3.67. The third-order valence-electron chi connectivity index (χ3n) is 4.68. The van der Waals surface area contributed by atoms with Gasteiger partial charge in [-0.25, -0.2) is 14.4 Å². The molecule has 1 aromatic heterocycles. The van der Waals surface area contributed by atoms with Crippen LogP contribution in [0.25, 0.3) is 6.08 Å². The number of aromatic nitrogens is 2. The van der Waals surface area contributed by atoms with Crippen molar-refractivity contribution in [3.63, 3.8) is 0 Å². The third kappa shape index (κ3) is 4.40. The van der Waals surface area contributed by atoms with Crippen molar-refractivity contribution in [2.24, 2.45) is 7.05 Å². The SMILES string of the molecule is CCNC(=O)Nc1ccc(Cn2c(=O)c3c(n(C)c2=O)S(O)(O)CC(C(=O)O)=C3)cc1. The first-order valence-corrected chi connectivity index (χ1v) is 10.9. The van der Waals surface area contributed by atoms with Crippen molar-refractivity contribution in [3.05, 3.63) is 61.8 Å². The number of carboxylic acid groups (broad SMARTS) is 1. The Morgan fingerprint density at radius 1 is 1.16 bits per heavy atom. The highest BCUT2D eigenvalue weighted by Gasteiger charge is 2.33. The number of amides is 2. The highest BCUT2D eigenvalue weighted by atomic mass is 32.3. The molecule has 2 heterocycles. The minimum absolute atomic E-state index is 0.129. The lowest BCUT2D eigenvalue weighted by molar-refractivity contribution is -0.132. The summed E-state index contributed by atoms with van der Waals surface area (Å²) in [6.07, 6.45) is 1.08. The maximum absolute atomic E-state index is 13.0. The summed E-state index contributed by atoms with van der Waals surface area (Å²) in [6, 6.07) is 6.10. The fourth-order valence-corrected chi connectivity index (χ4v) is 5.06. The summed E-state index contributed by atoms with van der Waals surface area (Å²) in [6.45, 7) is 2.13. The molecule has 2 aromatic rings. The number of rotatable bonds is 5. The van der Waals surface area contributed by atoms with Crippen molar-refractivity contribution in [3.8, 4) is 0 Å². The predicted molar refractivity (Wildman–Crippen MR) is 116 cm³/mol. The van der Waals surface area contributed by atoms with Crippen LogP contribution >= 0.6 is 10.6 Å². The van der Waals surface area contributed by atoms with Gasteiger partial charge < -0.3 is 15.7 Å². The Morgan fingerprint density at radius 2 is 1.81 bits per heavy atom. The molecule has 1 aromatic carbocycles. The van der Waals surface area contributed by atoms with Gasteiger partial charge in [0.05, 0.1) is 23.4 Å². The summed E-state index contributed by atoms with van der Waals surface area (Å²) in [5, 5.41) is 14.2. The molecule has 0 saturated carbocycles. The monoisotopic (exact) mass is 450 g/mol. The molecule has 0 fully saturated rings. The van der Waals surface area contributed by atoms with E-state index >= 15 is 0 Å². The van der Waals surface area contributed by atoms with Gasteiger partial charge in [0, 0.05) is 19.3 Å². The number of aliphatic carboxylic acids is 1. The van der Waals surface area contributed by atoms with E-state index < -0.39 is 33.6 Å². The Morgan fingerprint density at radius 3 is 2.39 bits per heavy atom. The first-order chi connectivity index (χ1) is 14.5. The third-order valence-corrected chi connectivity index (χ3v) is 6.50. The van der Waals surface area contributed by atoms with Crippen LogP contribution in [0.1, 0.15) is 18.1 Å². The molecule has 0 aliphatic carbocycles. The van der Waals surface area contributed by atoms with Gasteiger partial charge in [-0.3, -0.25) is 23.0 Å². The van der Waals surface area contributed by atoms with Crippen molar-refractivity contribution in [1.29, 1.82) is 0 Å². The number of carbonyl (C=O) groups excluding carboxylic acids is 1. The zero-order valence-electron chi connectivity index (χ0n) is 16.8. The molecule has 0 bridgehead atoms. The lowest BCUT2D eigenvalue weighted by Crippen LogP contribution is -2.43. The van der Waals surface area contributed by atoms with Crippen LogP contribution in [0.3, 0.4) is 0 Å². The molecule has 1 aliphatic rings. The predicted octanol–water partition coefficient (Wildman–Crippen LogP) is 1.33. The van der Waals surface area contributed by atoms with Crippen LogP contribution in [0, 0.1) is 0 Å². The Hall–Kier alpha value is -3.35. The molecule has 5 N–H and O–H groups in total. The van der Waals surface area contributed by atoms with Gasteiger partial charge in [-0.05, 0) is 30.7 Å². The first kappa shape index (κ1) is 22.3. The van der Waals surface area contributed by atoms with E-state index in [9.17, 15) is 33.4 Å². The topological polar surface area (TPSA) is 163 Å². The van der Waals surface area contributed by atoms with Gasteiger partial charge in [0.25, 0.3) is 5.56 Å². The highest BCUT2D eigenvalue weighted by Crippen LogP contribution is 2.52. The maximum Gasteiger partial charge on any atom is 0.333 e. The Labute approximate surface area is 178 Å². The lowest BCUT2D eigenvalue weighted by atomic mass is 10.2. The molecule has 11 nitrogen and oxygen atoms in total. The molecule has 0 saturated heterocycles. The van der Waals surface area contributed by atoms with E-state index in [4.69, 9.17) is 0 Å². The molecule has 3 rings (SSSR count). The number of nitrogens with one attached hydrogen (secondary N) is 2. The zero-order chi connectivity index (χ0) is 22.9.